The summed E-state index contributed by atoms with van der Waals surface area (Å²) in [7, 11) is 0. The monoisotopic (exact) mass is 143 g/mol. The van der Waals surface area contributed by atoms with Crippen molar-refractivity contribution in [3.63, 3.8) is 0 Å². The molecule has 1 rings (SSSR count). The molecule has 0 bridgehead atoms. The Balaban J connectivity index is 0.000000180. The molecule has 0 heterocycles. The van der Waals surface area contributed by atoms with Gasteiger partial charge in [0.1, 0.15) is 0 Å². The van der Waals surface area contributed by atoms with Gasteiger partial charge in [-0.05, 0) is 31.6 Å². The van der Waals surface area contributed by atoms with Crippen LogP contribution in [0.4, 0.5) is 0 Å². The van der Waals surface area contributed by atoms with Gasteiger partial charge in [-0.15, -0.1) is 0 Å². The smallest absolute Gasteiger partial charge is 0.00387 e. The minimum absolute atomic E-state index is 0.463. The van der Waals surface area contributed by atoms with Crippen LogP contribution in [0.25, 0.3) is 0 Å². The molecule has 0 unspecified atom stereocenters. The number of nitrogens with two attached hydrogens (primary N) is 1. The molecule has 0 radical (unpaired) electrons. The van der Waals surface area contributed by atoms with E-state index in [0.29, 0.717) is 6.04 Å². The first kappa shape index (κ1) is 9.96. The SMILES string of the molecule is CC(C)C.C[C@@H](N)C1CC1. The molecule has 0 saturated heterocycles. The third kappa shape index (κ3) is 7.96. The summed E-state index contributed by atoms with van der Waals surface area (Å²) in [5.74, 6) is 1.71. The van der Waals surface area contributed by atoms with Gasteiger partial charge in [-0.3, -0.25) is 0 Å². The first-order chi connectivity index (χ1) is 4.54. The van der Waals surface area contributed by atoms with E-state index in [9.17, 15) is 0 Å². The molecule has 2 N–H and O–H groups in total. The Bertz CT molecular complexity index is 70.0. The van der Waals surface area contributed by atoms with Crippen LogP contribution in [0, 0.1) is 11.8 Å². The standard InChI is InChI=1S/C5H11N.C4H10/c1-4(6)5-2-3-5;1-4(2)3/h4-5H,2-3,6H2,1H3;4H,1-3H3/t4-;/m1./s1. The van der Waals surface area contributed by atoms with E-state index in [1.54, 1.807) is 0 Å². The lowest BCUT2D eigenvalue weighted by molar-refractivity contribution is 0.650. The second-order valence-corrected chi connectivity index (χ2v) is 3.93. The number of hydrogen-bond donors (Lipinski definition) is 1. The molecular formula is C9H21N. The minimum Gasteiger partial charge on any atom is -0.328 e. The molecule has 1 heteroatoms. The van der Waals surface area contributed by atoms with Gasteiger partial charge >= 0.3 is 0 Å². The van der Waals surface area contributed by atoms with Gasteiger partial charge in [0.2, 0.25) is 0 Å². The molecule has 1 saturated carbocycles. The van der Waals surface area contributed by atoms with Crippen molar-refractivity contribution < 1.29 is 0 Å². The lowest BCUT2D eigenvalue weighted by atomic mass is 10.2. The van der Waals surface area contributed by atoms with Gasteiger partial charge < -0.3 is 5.73 Å². The zero-order valence-electron chi connectivity index (χ0n) is 7.72. The van der Waals surface area contributed by atoms with Crippen molar-refractivity contribution >= 4 is 0 Å². The highest BCUT2D eigenvalue weighted by molar-refractivity contribution is 4.80. The van der Waals surface area contributed by atoms with Crippen LogP contribution in [0.2, 0.25) is 0 Å². The minimum atomic E-state index is 0.463. The Labute approximate surface area is 65.0 Å². The van der Waals surface area contributed by atoms with Crippen molar-refractivity contribution in [2.24, 2.45) is 17.6 Å². The van der Waals surface area contributed by atoms with Gasteiger partial charge in [0.15, 0.2) is 0 Å². The van der Waals surface area contributed by atoms with Crippen LogP contribution < -0.4 is 5.73 Å². The van der Waals surface area contributed by atoms with Gasteiger partial charge in [-0.1, -0.05) is 20.8 Å². The molecule has 1 nitrogen and oxygen atoms in total. The molecule has 0 aromatic carbocycles. The highest BCUT2D eigenvalue weighted by Gasteiger charge is 2.24. The fraction of sp³-hybridized carbons (Fsp3) is 1.00. The number of hydrogen-bond acceptors (Lipinski definition) is 1. The van der Waals surface area contributed by atoms with Crippen molar-refractivity contribution in [3.05, 3.63) is 0 Å². The molecule has 10 heavy (non-hydrogen) atoms. The lowest BCUT2D eigenvalue weighted by Crippen LogP contribution is -2.16. The first-order valence-corrected chi connectivity index (χ1v) is 4.29. The molecule has 1 aliphatic rings. The lowest BCUT2D eigenvalue weighted by Gasteiger charge is -1.95. The van der Waals surface area contributed by atoms with E-state index in [4.69, 9.17) is 5.73 Å². The van der Waals surface area contributed by atoms with E-state index in [1.807, 2.05) is 0 Å². The summed E-state index contributed by atoms with van der Waals surface area (Å²) < 4.78 is 0. The molecule has 1 aliphatic carbocycles. The molecular weight excluding hydrogens is 122 g/mol. The van der Waals surface area contributed by atoms with Crippen LogP contribution in [0.3, 0.4) is 0 Å². The third-order valence-electron chi connectivity index (χ3n) is 1.37. The summed E-state index contributed by atoms with van der Waals surface area (Å²) in [5, 5.41) is 0. The molecule has 0 amide bonds. The van der Waals surface area contributed by atoms with Crippen LogP contribution >= 0.6 is 0 Å². The van der Waals surface area contributed by atoms with Crippen LogP contribution in [0.15, 0.2) is 0 Å². The predicted octanol–water partition coefficient (Wildman–Crippen LogP) is 2.41. The fourth-order valence-electron chi connectivity index (χ4n) is 0.622. The van der Waals surface area contributed by atoms with E-state index in [1.165, 1.54) is 12.8 Å². The molecule has 0 aliphatic heterocycles. The van der Waals surface area contributed by atoms with E-state index in [-0.39, 0.29) is 0 Å². The fourth-order valence-corrected chi connectivity index (χ4v) is 0.622. The zero-order valence-corrected chi connectivity index (χ0v) is 7.72. The summed E-state index contributed by atoms with van der Waals surface area (Å²) in [6.07, 6.45) is 2.75. The van der Waals surface area contributed by atoms with Crippen molar-refractivity contribution in [3.8, 4) is 0 Å². The van der Waals surface area contributed by atoms with E-state index >= 15 is 0 Å². The van der Waals surface area contributed by atoms with Gasteiger partial charge in [-0.25, -0.2) is 0 Å². The van der Waals surface area contributed by atoms with Crippen molar-refractivity contribution in [1.29, 1.82) is 0 Å². The molecule has 62 valence electrons. The second-order valence-electron chi connectivity index (χ2n) is 3.93. The Morgan fingerprint density at radius 1 is 1.10 bits per heavy atom. The summed E-state index contributed by atoms with van der Waals surface area (Å²) in [6.45, 7) is 8.58. The zero-order chi connectivity index (χ0) is 8.15. The van der Waals surface area contributed by atoms with E-state index in [0.717, 1.165) is 11.8 Å². The average Bonchev–Trinajstić information content (AvgIpc) is 2.38. The van der Waals surface area contributed by atoms with E-state index in [2.05, 4.69) is 27.7 Å². The second kappa shape index (κ2) is 4.73. The normalized spacial score (nSPS) is 19.8. The summed E-state index contributed by atoms with van der Waals surface area (Å²) in [5.41, 5.74) is 5.50. The van der Waals surface area contributed by atoms with Crippen LogP contribution in [0.1, 0.15) is 40.5 Å². The highest BCUT2D eigenvalue weighted by atomic mass is 14.7. The highest BCUT2D eigenvalue weighted by Crippen LogP contribution is 2.30. The van der Waals surface area contributed by atoms with Crippen molar-refractivity contribution in [2.75, 3.05) is 0 Å². The van der Waals surface area contributed by atoms with Crippen molar-refractivity contribution in [2.45, 2.75) is 46.6 Å². The Hall–Kier alpha value is -0.0400. The van der Waals surface area contributed by atoms with Gasteiger partial charge in [0, 0.05) is 6.04 Å². The molecule has 1 fully saturated rings. The number of rotatable bonds is 1. The quantitative estimate of drug-likeness (QED) is 0.599. The molecule has 0 spiro atoms. The first-order valence-electron chi connectivity index (χ1n) is 4.29. The Morgan fingerprint density at radius 2 is 1.40 bits per heavy atom. The van der Waals surface area contributed by atoms with Gasteiger partial charge in [0.25, 0.3) is 0 Å². The van der Waals surface area contributed by atoms with E-state index < -0.39 is 0 Å². The summed E-state index contributed by atoms with van der Waals surface area (Å²) in [6, 6.07) is 0.463. The summed E-state index contributed by atoms with van der Waals surface area (Å²) in [4.78, 5) is 0. The molecule has 0 aromatic rings. The topological polar surface area (TPSA) is 26.0 Å². The summed E-state index contributed by atoms with van der Waals surface area (Å²) >= 11 is 0. The largest absolute Gasteiger partial charge is 0.328 e. The maximum atomic E-state index is 5.50. The van der Waals surface area contributed by atoms with Gasteiger partial charge in [-0.2, -0.15) is 0 Å². The molecule has 0 aromatic heterocycles. The predicted molar refractivity (Wildman–Crippen MR) is 46.9 cm³/mol. The third-order valence-corrected chi connectivity index (χ3v) is 1.37. The van der Waals surface area contributed by atoms with Crippen LogP contribution in [-0.4, -0.2) is 6.04 Å². The van der Waals surface area contributed by atoms with Gasteiger partial charge in [0.05, 0.1) is 0 Å². The Kier molecular flexibility index (Phi) is 4.71. The Morgan fingerprint density at radius 3 is 1.40 bits per heavy atom. The maximum Gasteiger partial charge on any atom is 0.00387 e. The maximum absolute atomic E-state index is 5.50. The molecule has 1 atom stereocenters. The van der Waals surface area contributed by atoms with Crippen LogP contribution in [-0.2, 0) is 0 Å². The van der Waals surface area contributed by atoms with Crippen molar-refractivity contribution in [1.82, 2.24) is 0 Å². The average molecular weight is 143 g/mol. The van der Waals surface area contributed by atoms with Crippen LogP contribution in [0.5, 0.6) is 0 Å².